The minimum Gasteiger partial charge on any atom is -0.480 e. The molecular weight excluding hydrogens is 206 g/mol. The molecule has 1 aliphatic carbocycles. The highest BCUT2D eigenvalue weighted by Crippen LogP contribution is 2.43. The van der Waals surface area contributed by atoms with Gasteiger partial charge in [0.1, 0.15) is 5.41 Å². The number of aliphatic carboxylic acids is 1. The van der Waals surface area contributed by atoms with Crippen LogP contribution in [0, 0.1) is 11.3 Å². The molecule has 1 saturated heterocycles. The third kappa shape index (κ3) is 1.70. The summed E-state index contributed by atoms with van der Waals surface area (Å²) in [4.78, 5) is 25.2. The summed E-state index contributed by atoms with van der Waals surface area (Å²) in [7, 11) is 0. The van der Waals surface area contributed by atoms with Gasteiger partial charge < -0.3 is 10.0 Å². The number of hydrogen-bond donors (Lipinski definition) is 1. The Kier molecular flexibility index (Phi) is 2.91. The summed E-state index contributed by atoms with van der Waals surface area (Å²) in [5, 5.41) is 9.20. The van der Waals surface area contributed by atoms with Crippen LogP contribution in [0.5, 0.6) is 0 Å². The van der Waals surface area contributed by atoms with E-state index in [4.69, 9.17) is 0 Å². The number of piperidine rings is 1. The van der Waals surface area contributed by atoms with E-state index in [0.717, 1.165) is 32.4 Å². The van der Waals surface area contributed by atoms with Crippen molar-refractivity contribution in [3.8, 4) is 0 Å². The van der Waals surface area contributed by atoms with Crippen LogP contribution < -0.4 is 0 Å². The van der Waals surface area contributed by atoms with Crippen LogP contribution in [-0.2, 0) is 9.59 Å². The Balaban J connectivity index is 2.08. The number of amides is 1. The van der Waals surface area contributed by atoms with Gasteiger partial charge in [0.25, 0.3) is 0 Å². The van der Waals surface area contributed by atoms with E-state index in [9.17, 15) is 14.7 Å². The Labute approximate surface area is 95.6 Å². The molecular formula is C12H19NO3. The van der Waals surface area contributed by atoms with Gasteiger partial charge in [-0.1, -0.05) is 13.3 Å². The normalized spacial score (nSPS) is 28.3. The van der Waals surface area contributed by atoms with Crippen LogP contribution in [0.1, 0.15) is 39.0 Å². The van der Waals surface area contributed by atoms with E-state index in [0.29, 0.717) is 18.8 Å². The lowest BCUT2D eigenvalue weighted by atomic mass is 9.67. The first-order chi connectivity index (χ1) is 7.56. The zero-order chi connectivity index (χ0) is 11.8. The van der Waals surface area contributed by atoms with E-state index in [-0.39, 0.29) is 5.91 Å². The van der Waals surface area contributed by atoms with Crippen LogP contribution in [0.2, 0.25) is 0 Å². The van der Waals surface area contributed by atoms with Crippen molar-refractivity contribution in [3.63, 3.8) is 0 Å². The van der Waals surface area contributed by atoms with Gasteiger partial charge >= 0.3 is 5.97 Å². The van der Waals surface area contributed by atoms with Crippen LogP contribution in [0.3, 0.4) is 0 Å². The lowest BCUT2D eigenvalue weighted by Gasteiger charge is -2.42. The largest absolute Gasteiger partial charge is 0.480 e. The van der Waals surface area contributed by atoms with Gasteiger partial charge in [0.15, 0.2) is 0 Å². The third-order valence-corrected chi connectivity index (χ3v) is 3.97. The summed E-state index contributed by atoms with van der Waals surface area (Å²) in [5.41, 5.74) is -1.07. The number of carboxylic acid groups (broad SMARTS) is 1. The van der Waals surface area contributed by atoms with Crippen molar-refractivity contribution in [1.29, 1.82) is 0 Å². The summed E-state index contributed by atoms with van der Waals surface area (Å²) in [6.07, 6.45) is 4.05. The van der Waals surface area contributed by atoms with E-state index >= 15 is 0 Å². The van der Waals surface area contributed by atoms with Crippen molar-refractivity contribution in [2.75, 3.05) is 13.1 Å². The van der Waals surface area contributed by atoms with Crippen molar-refractivity contribution in [2.24, 2.45) is 11.3 Å². The van der Waals surface area contributed by atoms with Crippen LogP contribution in [0.4, 0.5) is 0 Å². The first kappa shape index (κ1) is 11.4. The average molecular weight is 225 g/mol. The van der Waals surface area contributed by atoms with E-state index in [1.807, 2.05) is 0 Å². The molecule has 1 amide bonds. The topological polar surface area (TPSA) is 57.6 Å². The minimum atomic E-state index is -1.07. The second-order valence-electron chi connectivity index (χ2n) is 5.24. The maximum absolute atomic E-state index is 12.2. The van der Waals surface area contributed by atoms with Gasteiger partial charge in [0.2, 0.25) is 5.91 Å². The highest BCUT2D eigenvalue weighted by Gasteiger charge is 2.53. The lowest BCUT2D eigenvalue weighted by Crippen LogP contribution is -2.54. The standard InChI is InChI=1S/C12H19NO3/c1-9-4-2-7-13(8-9)10(14)12(11(15)16)5-3-6-12/h9H,2-8H2,1H3,(H,15,16). The molecule has 1 saturated carbocycles. The average Bonchev–Trinajstić information content (AvgIpc) is 2.15. The number of hydrogen-bond acceptors (Lipinski definition) is 2. The zero-order valence-electron chi connectivity index (χ0n) is 9.74. The first-order valence-corrected chi connectivity index (χ1v) is 6.09. The summed E-state index contributed by atoms with van der Waals surface area (Å²) >= 11 is 0. The lowest BCUT2D eigenvalue weighted by molar-refractivity contribution is -0.168. The maximum Gasteiger partial charge on any atom is 0.319 e. The third-order valence-electron chi connectivity index (χ3n) is 3.97. The highest BCUT2D eigenvalue weighted by atomic mass is 16.4. The van der Waals surface area contributed by atoms with Crippen molar-refractivity contribution >= 4 is 11.9 Å². The molecule has 4 heteroatoms. The Morgan fingerprint density at radius 3 is 2.44 bits per heavy atom. The molecule has 0 aromatic carbocycles. The molecule has 1 aliphatic heterocycles. The highest BCUT2D eigenvalue weighted by molar-refractivity contribution is 6.02. The summed E-state index contributed by atoms with van der Waals surface area (Å²) in [6, 6.07) is 0. The summed E-state index contributed by atoms with van der Waals surface area (Å²) < 4.78 is 0. The molecule has 0 radical (unpaired) electrons. The predicted molar refractivity (Wildman–Crippen MR) is 58.9 cm³/mol. The van der Waals surface area contributed by atoms with Gasteiger partial charge in [-0.2, -0.15) is 0 Å². The number of carboxylic acids is 1. The van der Waals surface area contributed by atoms with Gasteiger partial charge in [0, 0.05) is 13.1 Å². The molecule has 2 aliphatic rings. The van der Waals surface area contributed by atoms with Gasteiger partial charge in [0.05, 0.1) is 0 Å². The molecule has 0 bridgehead atoms. The Bertz CT molecular complexity index is 309. The summed E-state index contributed by atoms with van der Waals surface area (Å²) in [6.45, 7) is 3.58. The molecule has 2 rings (SSSR count). The molecule has 1 unspecified atom stereocenters. The minimum absolute atomic E-state index is 0.141. The molecule has 0 aromatic heterocycles. The SMILES string of the molecule is CC1CCCN(C(=O)C2(C(=O)O)CCC2)C1. The van der Waals surface area contributed by atoms with Crippen LogP contribution in [-0.4, -0.2) is 35.0 Å². The fourth-order valence-electron chi connectivity index (χ4n) is 2.73. The fraction of sp³-hybridized carbons (Fsp3) is 0.833. The van der Waals surface area contributed by atoms with E-state index in [1.165, 1.54) is 0 Å². The molecule has 4 nitrogen and oxygen atoms in total. The van der Waals surface area contributed by atoms with Crippen LogP contribution >= 0.6 is 0 Å². The van der Waals surface area contributed by atoms with E-state index in [2.05, 4.69) is 6.92 Å². The molecule has 1 atom stereocenters. The Morgan fingerprint density at radius 2 is 2.00 bits per heavy atom. The first-order valence-electron chi connectivity index (χ1n) is 6.09. The predicted octanol–water partition coefficient (Wildman–Crippen LogP) is 1.50. The second-order valence-corrected chi connectivity index (χ2v) is 5.24. The number of nitrogens with zero attached hydrogens (tertiary/aromatic N) is 1. The Hall–Kier alpha value is -1.06. The number of carbonyl (C=O) groups is 2. The van der Waals surface area contributed by atoms with E-state index in [1.54, 1.807) is 4.90 Å². The molecule has 1 heterocycles. The molecule has 0 aromatic rings. The summed E-state index contributed by atoms with van der Waals surface area (Å²) in [5.74, 6) is -0.566. The molecule has 0 spiro atoms. The number of carbonyl (C=O) groups excluding carboxylic acids is 1. The van der Waals surface area contributed by atoms with Gasteiger partial charge in [-0.05, 0) is 31.6 Å². The zero-order valence-corrected chi connectivity index (χ0v) is 9.74. The van der Waals surface area contributed by atoms with Crippen LogP contribution in [0.15, 0.2) is 0 Å². The van der Waals surface area contributed by atoms with Crippen molar-refractivity contribution in [2.45, 2.75) is 39.0 Å². The monoisotopic (exact) mass is 225 g/mol. The van der Waals surface area contributed by atoms with Crippen molar-refractivity contribution in [3.05, 3.63) is 0 Å². The van der Waals surface area contributed by atoms with Crippen molar-refractivity contribution in [1.82, 2.24) is 4.90 Å². The van der Waals surface area contributed by atoms with Gasteiger partial charge in [-0.15, -0.1) is 0 Å². The maximum atomic E-state index is 12.2. The van der Waals surface area contributed by atoms with Crippen molar-refractivity contribution < 1.29 is 14.7 Å². The molecule has 2 fully saturated rings. The quantitative estimate of drug-likeness (QED) is 0.724. The number of likely N-dealkylation sites (tertiary alicyclic amines) is 1. The fourth-order valence-corrected chi connectivity index (χ4v) is 2.73. The molecule has 16 heavy (non-hydrogen) atoms. The van der Waals surface area contributed by atoms with Gasteiger partial charge in [-0.25, -0.2) is 0 Å². The molecule has 90 valence electrons. The van der Waals surface area contributed by atoms with Gasteiger partial charge in [-0.3, -0.25) is 9.59 Å². The molecule has 1 N–H and O–H groups in total. The van der Waals surface area contributed by atoms with E-state index < -0.39 is 11.4 Å². The Morgan fingerprint density at radius 1 is 1.31 bits per heavy atom. The van der Waals surface area contributed by atoms with Crippen LogP contribution in [0.25, 0.3) is 0 Å². The number of rotatable bonds is 2. The smallest absolute Gasteiger partial charge is 0.319 e. The second kappa shape index (κ2) is 4.07.